The Kier molecular flexibility index (Phi) is 30.4. The van der Waals surface area contributed by atoms with Crippen LogP contribution in [0.2, 0.25) is 0 Å². The van der Waals surface area contributed by atoms with Crippen LogP contribution in [0.25, 0.3) is 0 Å². The summed E-state index contributed by atoms with van der Waals surface area (Å²) < 4.78 is 135. The van der Waals surface area contributed by atoms with Gasteiger partial charge in [0.1, 0.15) is 41.8 Å². The predicted molar refractivity (Wildman–Crippen MR) is 332 cm³/mol. The molecule has 2 heterocycles. The van der Waals surface area contributed by atoms with Crippen LogP contribution in [0.1, 0.15) is 113 Å². The third-order valence-corrected chi connectivity index (χ3v) is 20.7. The zero-order chi connectivity index (χ0) is 66.3. The van der Waals surface area contributed by atoms with E-state index in [0.717, 1.165) is 25.0 Å². The normalized spacial score (nSPS) is 16.4. The topological polar surface area (TPSA) is 274 Å². The number of benzene rings is 4. The van der Waals surface area contributed by atoms with E-state index in [1.807, 2.05) is 0 Å². The summed E-state index contributed by atoms with van der Waals surface area (Å²) in [6, 6.07) is 17.8. The number of rotatable bonds is 19. The molecule has 0 amide bonds. The molecule has 4 aromatic rings. The minimum absolute atomic E-state index is 0.0602. The lowest BCUT2D eigenvalue weighted by Crippen LogP contribution is -2.47. The van der Waals surface area contributed by atoms with Gasteiger partial charge in [-0.25, -0.2) is 42.8 Å². The van der Waals surface area contributed by atoms with Gasteiger partial charge in [-0.3, -0.25) is 19.2 Å². The van der Waals surface area contributed by atoms with Gasteiger partial charge in [0.25, 0.3) is 0 Å². The molecular formula is C58H66Br3F4N3O16S3. The molecule has 29 heteroatoms. The second-order valence-electron chi connectivity index (χ2n) is 19.4. The fraction of sp³-hybridized carbons (Fsp3) is 0.397. The number of nitrogens with zero attached hydrogens (tertiary/aromatic N) is 3. The van der Waals surface area contributed by atoms with Crippen molar-refractivity contribution in [3.8, 4) is 11.8 Å². The van der Waals surface area contributed by atoms with E-state index in [2.05, 4.69) is 81.7 Å². The summed E-state index contributed by atoms with van der Waals surface area (Å²) in [6.45, 7) is 14.2. The quantitative estimate of drug-likeness (QED) is 0.0105. The van der Waals surface area contributed by atoms with Crippen molar-refractivity contribution in [1.29, 1.82) is 0 Å². The van der Waals surface area contributed by atoms with E-state index in [4.69, 9.17) is 29.1 Å². The van der Waals surface area contributed by atoms with E-state index in [9.17, 15) is 62.0 Å². The molecule has 19 nitrogen and oxygen atoms in total. The molecule has 0 saturated carbocycles. The summed E-state index contributed by atoms with van der Waals surface area (Å²) >= 11 is 9.04. The summed E-state index contributed by atoms with van der Waals surface area (Å²) in [6.07, 6.45) is 5.29. The highest BCUT2D eigenvalue weighted by molar-refractivity contribution is 9.11. The standard InChI is InChI=1S/C19H22FNO5S.C16H19BrFNO5S.C9H16O4S.C7H5BrFNO.C7H4BrFO/c1-5-7-13-8-9-14(10-16(13)20)17-11-15(26-21-17)12-19(3,27(4,23)24)18(22)25-6-2;1-4-23-15(20)16(2,25(3,21)22)9-11-8-14(19-24-11)10-5-6-12(17)13(18)7-10;1-5-7-9(3,14(4,11)12)8(10)13-6-2;8-6-2-1-5(4-10-11)3-7(6)9;8-6-2-1-5(4-10)3-7(6)9/h8-10,15H,6,11-12H2,1-4H3;5-7,11H,4,8-9H2,1-3H3;5H,1,6-7H2,2-4H3;1-4,11H;1-4H/b;;;10-4+;. The van der Waals surface area contributed by atoms with Crippen molar-refractivity contribution in [3.05, 3.63) is 150 Å². The maximum absolute atomic E-state index is 14.1. The fourth-order valence-electron chi connectivity index (χ4n) is 7.42. The van der Waals surface area contributed by atoms with E-state index in [1.54, 1.807) is 70.2 Å². The average molecular weight is 1470 g/mol. The number of hydrogen-bond donors (Lipinski definition) is 1. The molecule has 0 radical (unpaired) electrons. The van der Waals surface area contributed by atoms with E-state index >= 15 is 0 Å². The average Bonchev–Trinajstić information content (AvgIpc) is 2.10. The Morgan fingerprint density at radius 3 is 1.36 bits per heavy atom. The molecule has 6 rings (SSSR count). The highest BCUT2D eigenvalue weighted by Gasteiger charge is 2.50. The molecule has 2 aliphatic heterocycles. The first kappa shape index (κ1) is 76.8. The number of carbonyl (C=O) groups excluding carboxylic acids is 4. The molecule has 5 unspecified atom stereocenters. The third kappa shape index (κ3) is 22.0. The molecule has 2 aliphatic rings. The molecule has 0 aromatic heterocycles. The predicted octanol–water partition coefficient (Wildman–Crippen LogP) is 11.0. The van der Waals surface area contributed by atoms with Crippen molar-refractivity contribution in [1.82, 2.24) is 0 Å². The molecule has 476 valence electrons. The van der Waals surface area contributed by atoms with E-state index in [0.29, 0.717) is 53.4 Å². The Hall–Kier alpha value is -6.32. The van der Waals surface area contributed by atoms with Crippen LogP contribution < -0.4 is 0 Å². The summed E-state index contributed by atoms with van der Waals surface area (Å²) in [7, 11) is -11.0. The summed E-state index contributed by atoms with van der Waals surface area (Å²) in [4.78, 5) is 56.6. The van der Waals surface area contributed by atoms with Crippen molar-refractivity contribution < 1.29 is 91.1 Å². The Bertz CT molecular complexity index is 3640. The van der Waals surface area contributed by atoms with Crippen LogP contribution in [0.3, 0.4) is 0 Å². The SMILES string of the molecule is C=CCC(C)(C(=O)OCC)S(C)(=O)=O.CC#Cc1ccc(C2=NOC(CC(C)(C(=O)OCC)S(C)(=O)=O)C2)cc1F.CCOC(=O)C(C)(CC1CC(c2ccc(Br)c(F)c2)=NO1)S(C)(=O)=O.O/N=C/c1ccc(Br)c(F)c1.O=Cc1ccc(Br)c(F)c1. The molecule has 0 spiro atoms. The van der Waals surface area contributed by atoms with Crippen molar-refractivity contribution in [2.24, 2.45) is 15.5 Å². The Labute approximate surface area is 529 Å². The minimum atomic E-state index is -3.75. The van der Waals surface area contributed by atoms with Gasteiger partial charge in [-0.2, -0.15) is 0 Å². The highest BCUT2D eigenvalue weighted by atomic mass is 79.9. The van der Waals surface area contributed by atoms with Crippen LogP contribution in [0.4, 0.5) is 17.6 Å². The number of ether oxygens (including phenoxy) is 3. The van der Waals surface area contributed by atoms with Crippen LogP contribution in [0.15, 0.2) is 114 Å². The first-order valence-corrected chi connectivity index (χ1v) is 33.9. The third-order valence-electron chi connectivity index (χ3n) is 12.9. The largest absolute Gasteiger partial charge is 0.465 e. The van der Waals surface area contributed by atoms with Gasteiger partial charge in [-0.15, -0.1) is 12.5 Å². The number of carbonyl (C=O) groups is 4. The minimum Gasteiger partial charge on any atom is -0.465 e. The number of aldehydes is 1. The van der Waals surface area contributed by atoms with Crippen molar-refractivity contribution in [2.75, 3.05) is 38.6 Å². The van der Waals surface area contributed by atoms with Crippen LogP contribution in [-0.4, -0.2) is 137 Å². The van der Waals surface area contributed by atoms with Gasteiger partial charge in [-0.1, -0.05) is 51.7 Å². The number of esters is 3. The van der Waals surface area contributed by atoms with Gasteiger partial charge >= 0.3 is 17.9 Å². The Morgan fingerprint density at radius 2 is 1.01 bits per heavy atom. The van der Waals surface area contributed by atoms with Crippen LogP contribution in [0, 0.1) is 35.1 Å². The van der Waals surface area contributed by atoms with Gasteiger partial charge in [0.05, 0.1) is 56.4 Å². The number of oxime groups is 3. The van der Waals surface area contributed by atoms with Gasteiger partial charge in [-0.05, 0) is 157 Å². The van der Waals surface area contributed by atoms with Gasteiger partial charge < -0.3 is 29.1 Å². The summed E-state index contributed by atoms with van der Waals surface area (Å²) in [5, 5.41) is 18.7. The molecular weight excluding hydrogens is 1410 g/mol. The van der Waals surface area contributed by atoms with Crippen molar-refractivity contribution in [3.63, 3.8) is 0 Å². The maximum Gasteiger partial charge on any atom is 0.327 e. The highest BCUT2D eigenvalue weighted by Crippen LogP contribution is 2.33. The lowest BCUT2D eigenvalue weighted by molar-refractivity contribution is -0.147. The lowest BCUT2D eigenvalue weighted by atomic mass is 9.96. The number of sulfone groups is 3. The van der Waals surface area contributed by atoms with Crippen LogP contribution >= 0.6 is 47.8 Å². The molecule has 0 fully saturated rings. The molecule has 5 atom stereocenters. The van der Waals surface area contributed by atoms with Crippen LogP contribution in [-0.2, 0) is 67.8 Å². The Balaban J connectivity index is 0.000000393. The summed E-state index contributed by atoms with van der Waals surface area (Å²) in [5.41, 5.74) is 3.19. The van der Waals surface area contributed by atoms with E-state index < -0.39 is 91.3 Å². The molecule has 87 heavy (non-hydrogen) atoms. The smallest absolute Gasteiger partial charge is 0.327 e. The monoisotopic (exact) mass is 1470 g/mol. The maximum atomic E-state index is 14.1. The second-order valence-corrected chi connectivity index (χ2v) is 29.3. The van der Waals surface area contributed by atoms with E-state index in [1.165, 1.54) is 57.2 Å². The molecule has 0 bridgehead atoms. The van der Waals surface area contributed by atoms with Crippen molar-refractivity contribution >= 4 is 119 Å². The number of halogens is 7. The fourth-order valence-corrected chi connectivity index (χ4v) is 10.6. The van der Waals surface area contributed by atoms with Gasteiger partial charge in [0, 0.05) is 61.1 Å². The van der Waals surface area contributed by atoms with Crippen LogP contribution in [0.5, 0.6) is 0 Å². The second kappa shape index (κ2) is 34.4. The van der Waals surface area contributed by atoms with Gasteiger partial charge in [0.15, 0.2) is 43.8 Å². The zero-order valence-corrected chi connectivity index (χ0v) is 56.2. The number of allylic oxidation sites excluding steroid dienone is 1. The molecule has 0 saturated heterocycles. The lowest BCUT2D eigenvalue weighted by Gasteiger charge is -2.27. The first-order chi connectivity index (χ1) is 40.5. The molecule has 4 aromatic carbocycles. The van der Waals surface area contributed by atoms with Crippen molar-refractivity contribution in [2.45, 2.75) is 107 Å². The zero-order valence-electron chi connectivity index (χ0n) is 49.0. The molecule has 0 aliphatic carbocycles. The van der Waals surface area contributed by atoms with E-state index in [-0.39, 0.29) is 63.3 Å². The summed E-state index contributed by atoms with van der Waals surface area (Å²) in [5.74, 6) is 1.25. The number of hydrogen-bond acceptors (Lipinski definition) is 19. The van der Waals surface area contributed by atoms with Gasteiger partial charge in [0.2, 0.25) is 0 Å². The Morgan fingerprint density at radius 1 is 0.644 bits per heavy atom. The molecule has 1 N–H and O–H groups in total. The first-order valence-electron chi connectivity index (χ1n) is 25.8.